The number of benzene rings is 1. The summed E-state index contributed by atoms with van der Waals surface area (Å²) in [5, 5.41) is 1.46. The first-order valence-corrected chi connectivity index (χ1v) is 10.7. The smallest absolute Gasteiger partial charge is 0.194 e. The Bertz CT molecular complexity index is 952. The molecule has 0 spiro atoms. The molecule has 1 aliphatic heterocycles. The van der Waals surface area contributed by atoms with Crippen LogP contribution in [-0.4, -0.2) is 29.5 Å². The van der Waals surface area contributed by atoms with E-state index in [4.69, 9.17) is 16.0 Å². The van der Waals surface area contributed by atoms with E-state index in [1.165, 1.54) is 55.7 Å². The maximum atomic E-state index is 5.97. The topological polar surface area (TPSA) is 29.3 Å². The zero-order chi connectivity index (χ0) is 19.3. The van der Waals surface area contributed by atoms with Crippen molar-refractivity contribution in [1.29, 1.82) is 0 Å². The first kappa shape index (κ1) is 19.2. The Hall–Kier alpha value is -2.10. The van der Waals surface area contributed by atoms with Crippen LogP contribution >= 0.6 is 11.6 Å². The molecule has 146 valence electrons. The molecule has 0 amide bonds. The molecule has 3 aromatic rings. The highest BCUT2D eigenvalue weighted by Gasteiger charge is 2.10. The largest absolute Gasteiger partial charge is 0.445 e. The molecule has 0 saturated carbocycles. The van der Waals surface area contributed by atoms with Gasteiger partial charge in [0.1, 0.15) is 5.58 Å². The van der Waals surface area contributed by atoms with Crippen LogP contribution in [0.25, 0.3) is 22.6 Å². The zero-order valence-corrected chi connectivity index (χ0v) is 17.2. The average molecular weight is 395 g/mol. The second-order valence-corrected chi connectivity index (χ2v) is 7.93. The van der Waals surface area contributed by atoms with Gasteiger partial charge in [-0.2, -0.15) is 0 Å². The van der Waals surface area contributed by atoms with E-state index in [2.05, 4.69) is 47.1 Å². The molecule has 2 aromatic heterocycles. The van der Waals surface area contributed by atoms with Crippen molar-refractivity contribution >= 4 is 34.2 Å². The van der Waals surface area contributed by atoms with Gasteiger partial charge in [-0.15, -0.1) is 0 Å². The molecule has 1 fully saturated rings. The minimum Gasteiger partial charge on any atom is -0.445 e. The third-order valence-corrected chi connectivity index (χ3v) is 5.72. The Kier molecular flexibility index (Phi) is 6.13. The molecule has 3 heterocycles. The number of rotatable bonds is 7. The van der Waals surface area contributed by atoms with Crippen LogP contribution in [0.1, 0.15) is 49.4 Å². The van der Waals surface area contributed by atoms with Crippen LogP contribution in [0.3, 0.4) is 0 Å². The summed E-state index contributed by atoms with van der Waals surface area (Å²) < 4.78 is 5.47. The van der Waals surface area contributed by atoms with Gasteiger partial charge in [0.05, 0.1) is 0 Å². The molecule has 1 aliphatic rings. The Balaban J connectivity index is 1.43. The van der Waals surface area contributed by atoms with Crippen molar-refractivity contribution in [2.45, 2.75) is 39.0 Å². The van der Waals surface area contributed by atoms with E-state index < -0.39 is 0 Å². The summed E-state index contributed by atoms with van der Waals surface area (Å²) in [5.41, 5.74) is 5.63. The molecule has 4 heteroatoms. The first-order chi connectivity index (χ1) is 13.7. The third-order valence-electron chi connectivity index (χ3n) is 5.53. The molecule has 0 N–H and O–H groups in total. The highest BCUT2D eigenvalue weighted by molar-refractivity contribution is 6.29. The van der Waals surface area contributed by atoms with Gasteiger partial charge in [0.25, 0.3) is 0 Å². The lowest BCUT2D eigenvalue weighted by atomic mass is 10.00. The quantitative estimate of drug-likeness (QED) is 0.460. The third kappa shape index (κ3) is 4.65. The Morgan fingerprint density at radius 3 is 2.79 bits per heavy atom. The number of halogens is 1. The Morgan fingerprint density at radius 2 is 2.04 bits per heavy atom. The lowest BCUT2D eigenvalue weighted by molar-refractivity contribution is 0.333. The molecular formula is C24H27ClN2O. The van der Waals surface area contributed by atoms with Crippen LogP contribution in [0.4, 0.5) is 0 Å². The fourth-order valence-corrected chi connectivity index (χ4v) is 4.16. The molecule has 3 nitrogen and oxygen atoms in total. The van der Waals surface area contributed by atoms with Gasteiger partial charge in [-0.05, 0) is 104 Å². The van der Waals surface area contributed by atoms with Crippen LogP contribution in [-0.2, 0) is 6.42 Å². The van der Waals surface area contributed by atoms with E-state index in [0.717, 1.165) is 29.4 Å². The van der Waals surface area contributed by atoms with Gasteiger partial charge in [-0.1, -0.05) is 19.1 Å². The number of fused-ring (bicyclic) bond motifs is 1. The number of hydrogen-bond donors (Lipinski definition) is 0. The number of allylic oxidation sites excluding steroid dienone is 1. The molecule has 0 bridgehead atoms. The van der Waals surface area contributed by atoms with E-state index in [1.54, 1.807) is 0 Å². The van der Waals surface area contributed by atoms with Crippen molar-refractivity contribution in [3.05, 3.63) is 64.6 Å². The zero-order valence-electron chi connectivity index (χ0n) is 16.5. The minimum atomic E-state index is 0.429. The summed E-state index contributed by atoms with van der Waals surface area (Å²) in [6, 6.07) is 12.4. The van der Waals surface area contributed by atoms with Crippen LogP contribution in [0.15, 0.2) is 47.0 Å². The van der Waals surface area contributed by atoms with Crippen molar-refractivity contribution in [3.63, 3.8) is 0 Å². The van der Waals surface area contributed by atoms with Gasteiger partial charge in [0.2, 0.25) is 0 Å². The van der Waals surface area contributed by atoms with Crippen molar-refractivity contribution in [1.82, 2.24) is 9.88 Å². The SMILES string of the molecule is CCC(=Cc1ccc(CCCN2CCCC2)nc1)c1ccc2oc(Cl)cc2c1. The average Bonchev–Trinajstić information content (AvgIpc) is 3.35. The van der Waals surface area contributed by atoms with Gasteiger partial charge in [0, 0.05) is 23.3 Å². The van der Waals surface area contributed by atoms with Crippen molar-refractivity contribution in [2.75, 3.05) is 19.6 Å². The predicted octanol–water partition coefficient (Wildman–Crippen LogP) is 6.46. The number of hydrogen-bond acceptors (Lipinski definition) is 3. The maximum absolute atomic E-state index is 5.97. The molecule has 4 rings (SSSR count). The molecule has 28 heavy (non-hydrogen) atoms. The van der Waals surface area contributed by atoms with E-state index >= 15 is 0 Å². The van der Waals surface area contributed by atoms with Gasteiger partial charge < -0.3 is 9.32 Å². The molecule has 1 aromatic carbocycles. The van der Waals surface area contributed by atoms with Crippen molar-refractivity contribution in [2.24, 2.45) is 0 Å². The molecule has 0 aliphatic carbocycles. The summed E-state index contributed by atoms with van der Waals surface area (Å²) in [4.78, 5) is 7.25. The first-order valence-electron chi connectivity index (χ1n) is 10.3. The molecular weight excluding hydrogens is 368 g/mol. The number of nitrogens with zero attached hydrogens (tertiary/aromatic N) is 2. The predicted molar refractivity (Wildman–Crippen MR) is 118 cm³/mol. The van der Waals surface area contributed by atoms with Gasteiger partial charge in [0.15, 0.2) is 5.22 Å². The summed E-state index contributed by atoms with van der Waals surface area (Å²) >= 11 is 5.97. The number of aromatic nitrogens is 1. The lowest BCUT2D eigenvalue weighted by Crippen LogP contribution is -2.20. The second kappa shape index (κ2) is 8.93. The molecule has 0 atom stereocenters. The van der Waals surface area contributed by atoms with E-state index in [-0.39, 0.29) is 0 Å². The highest BCUT2D eigenvalue weighted by Crippen LogP contribution is 2.28. The van der Waals surface area contributed by atoms with Crippen LogP contribution in [0, 0.1) is 0 Å². The summed E-state index contributed by atoms with van der Waals surface area (Å²) in [7, 11) is 0. The van der Waals surface area contributed by atoms with Crippen LogP contribution in [0.2, 0.25) is 5.22 Å². The summed E-state index contributed by atoms with van der Waals surface area (Å²) in [6.07, 6.45) is 10.1. The number of aryl methyl sites for hydroxylation is 1. The van der Waals surface area contributed by atoms with Gasteiger partial charge in [-0.25, -0.2) is 0 Å². The Labute approximate surface area is 172 Å². The normalized spacial score (nSPS) is 15.6. The monoisotopic (exact) mass is 394 g/mol. The van der Waals surface area contributed by atoms with E-state index in [1.807, 2.05) is 18.3 Å². The Morgan fingerprint density at radius 1 is 1.18 bits per heavy atom. The molecule has 0 unspecified atom stereocenters. The highest BCUT2D eigenvalue weighted by atomic mass is 35.5. The van der Waals surface area contributed by atoms with Crippen LogP contribution < -0.4 is 0 Å². The van der Waals surface area contributed by atoms with Crippen molar-refractivity contribution < 1.29 is 4.42 Å². The molecule has 0 radical (unpaired) electrons. The molecule has 1 saturated heterocycles. The lowest BCUT2D eigenvalue weighted by Gasteiger charge is -2.13. The standard InChI is InChI=1S/C24H27ClN2O/c1-2-19(20-8-10-23-21(15-20)16-24(25)28-23)14-18-7-9-22(26-17-18)6-5-13-27-11-3-4-12-27/h7-10,14-17H,2-6,11-13H2,1H3. The van der Waals surface area contributed by atoms with Crippen LogP contribution in [0.5, 0.6) is 0 Å². The summed E-state index contributed by atoms with van der Waals surface area (Å²) in [6.45, 7) is 5.92. The fraction of sp³-hybridized carbons (Fsp3) is 0.375. The van der Waals surface area contributed by atoms with E-state index in [0.29, 0.717) is 5.22 Å². The van der Waals surface area contributed by atoms with Gasteiger partial charge in [-0.3, -0.25) is 4.98 Å². The maximum Gasteiger partial charge on any atom is 0.194 e. The fourth-order valence-electron chi connectivity index (χ4n) is 3.96. The number of pyridine rings is 1. The number of furan rings is 1. The van der Waals surface area contributed by atoms with Crippen molar-refractivity contribution in [3.8, 4) is 0 Å². The van der Waals surface area contributed by atoms with E-state index in [9.17, 15) is 0 Å². The summed E-state index contributed by atoms with van der Waals surface area (Å²) in [5.74, 6) is 0. The number of likely N-dealkylation sites (tertiary alicyclic amines) is 1. The second-order valence-electron chi connectivity index (χ2n) is 7.56. The van der Waals surface area contributed by atoms with Gasteiger partial charge >= 0.3 is 0 Å². The minimum absolute atomic E-state index is 0.429.